The fraction of sp³-hybridized carbons (Fsp3) is 0.933. The van der Waals surface area contributed by atoms with E-state index in [0.29, 0.717) is 18.7 Å². The first-order valence-corrected chi connectivity index (χ1v) is 7.62. The second-order valence-corrected chi connectivity index (χ2v) is 6.86. The number of carbonyl (C=O) groups is 1. The third kappa shape index (κ3) is 3.93. The molecule has 2 saturated heterocycles. The summed E-state index contributed by atoms with van der Waals surface area (Å²) >= 11 is 0. The Morgan fingerprint density at radius 2 is 1.95 bits per heavy atom. The molecule has 4 nitrogen and oxygen atoms in total. The molecule has 0 amide bonds. The molecule has 0 aromatic carbocycles. The fourth-order valence-electron chi connectivity index (χ4n) is 3.04. The summed E-state index contributed by atoms with van der Waals surface area (Å²) in [7, 11) is 0. The van der Waals surface area contributed by atoms with E-state index in [9.17, 15) is 4.79 Å². The predicted molar refractivity (Wildman–Crippen MR) is 76.0 cm³/mol. The van der Waals surface area contributed by atoms with Gasteiger partial charge >= 0.3 is 5.97 Å². The van der Waals surface area contributed by atoms with Gasteiger partial charge in [0.15, 0.2) is 0 Å². The number of carbonyl (C=O) groups excluding carboxylic acids is 1. The number of nitrogens with one attached hydrogen (secondary N) is 1. The zero-order valence-electron chi connectivity index (χ0n) is 12.6. The summed E-state index contributed by atoms with van der Waals surface area (Å²) in [5, 5.41) is 3.41. The van der Waals surface area contributed by atoms with E-state index in [2.05, 4.69) is 10.2 Å². The second kappa shape index (κ2) is 6.23. The molecule has 2 rings (SSSR count). The minimum absolute atomic E-state index is 0.0790. The van der Waals surface area contributed by atoms with Gasteiger partial charge in [0.05, 0.1) is 5.41 Å². The van der Waals surface area contributed by atoms with Crippen LogP contribution in [0.1, 0.15) is 46.5 Å². The van der Waals surface area contributed by atoms with Crippen LogP contribution in [0.4, 0.5) is 0 Å². The van der Waals surface area contributed by atoms with Crippen LogP contribution in [0.5, 0.6) is 0 Å². The zero-order chi connectivity index (χ0) is 13.9. The standard InChI is InChI=1S/C15H28N2O2/c1-15(2,3)14(18)19-11-13-5-4-10-17(13)12-6-8-16-9-7-12/h12-13,16H,4-11H2,1-3H3/t13-/m0/s1. The molecule has 2 heterocycles. The van der Waals surface area contributed by atoms with Crippen LogP contribution in [0, 0.1) is 5.41 Å². The van der Waals surface area contributed by atoms with Crippen LogP contribution in [0.25, 0.3) is 0 Å². The molecule has 19 heavy (non-hydrogen) atoms. The molecule has 4 heteroatoms. The molecule has 110 valence electrons. The van der Waals surface area contributed by atoms with Crippen LogP contribution in [0.3, 0.4) is 0 Å². The Labute approximate surface area is 116 Å². The highest BCUT2D eigenvalue weighted by atomic mass is 16.5. The molecule has 2 fully saturated rings. The van der Waals surface area contributed by atoms with E-state index in [1.165, 1.54) is 32.2 Å². The van der Waals surface area contributed by atoms with E-state index in [4.69, 9.17) is 4.74 Å². The Kier molecular flexibility index (Phi) is 4.85. The first-order chi connectivity index (χ1) is 8.98. The van der Waals surface area contributed by atoms with Crippen molar-refractivity contribution in [2.45, 2.75) is 58.5 Å². The number of esters is 1. The molecule has 0 aliphatic carbocycles. The van der Waals surface area contributed by atoms with Gasteiger partial charge in [-0.2, -0.15) is 0 Å². The van der Waals surface area contributed by atoms with E-state index in [0.717, 1.165) is 13.1 Å². The molecule has 2 aliphatic heterocycles. The Balaban J connectivity index is 1.83. The van der Waals surface area contributed by atoms with Crippen molar-refractivity contribution in [3.63, 3.8) is 0 Å². The predicted octanol–water partition coefficient (Wildman–Crippen LogP) is 1.79. The molecule has 0 radical (unpaired) electrons. The highest BCUT2D eigenvalue weighted by molar-refractivity contribution is 5.75. The first kappa shape index (κ1) is 14.8. The van der Waals surface area contributed by atoms with Crippen molar-refractivity contribution < 1.29 is 9.53 Å². The summed E-state index contributed by atoms with van der Waals surface area (Å²) < 4.78 is 5.52. The monoisotopic (exact) mass is 268 g/mol. The molecule has 1 N–H and O–H groups in total. The molecule has 0 spiro atoms. The highest BCUT2D eigenvalue weighted by Crippen LogP contribution is 2.25. The van der Waals surface area contributed by atoms with Crippen LogP contribution in [0.15, 0.2) is 0 Å². The van der Waals surface area contributed by atoms with Crippen molar-refractivity contribution >= 4 is 5.97 Å². The minimum Gasteiger partial charge on any atom is -0.464 e. The first-order valence-electron chi connectivity index (χ1n) is 7.62. The lowest BCUT2D eigenvalue weighted by Gasteiger charge is -2.35. The van der Waals surface area contributed by atoms with Gasteiger partial charge in [0.1, 0.15) is 6.61 Å². The molecule has 2 aliphatic rings. The maximum atomic E-state index is 11.9. The average Bonchev–Trinajstić information content (AvgIpc) is 2.84. The summed E-state index contributed by atoms with van der Waals surface area (Å²) in [5.74, 6) is -0.0790. The van der Waals surface area contributed by atoms with Crippen LogP contribution in [-0.4, -0.2) is 49.2 Å². The number of hydrogen-bond donors (Lipinski definition) is 1. The van der Waals surface area contributed by atoms with Gasteiger partial charge in [0.25, 0.3) is 0 Å². The third-order valence-electron chi connectivity index (χ3n) is 4.22. The van der Waals surface area contributed by atoms with Crippen LogP contribution >= 0.6 is 0 Å². The minimum atomic E-state index is -0.391. The fourth-order valence-corrected chi connectivity index (χ4v) is 3.04. The molecular weight excluding hydrogens is 240 g/mol. The van der Waals surface area contributed by atoms with Gasteiger partial charge in [-0.05, 0) is 66.1 Å². The molecular formula is C15H28N2O2. The Morgan fingerprint density at radius 3 is 2.58 bits per heavy atom. The van der Waals surface area contributed by atoms with E-state index >= 15 is 0 Å². The summed E-state index contributed by atoms with van der Waals surface area (Å²) in [4.78, 5) is 14.4. The molecule has 1 atom stereocenters. The molecule has 0 aromatic heterocycles. The Hall–Kier alpha value is -0.610. The lowest BCUT2D eigenvalue weighted by molar-refractivity contribution is -0.154. The quantitative estimate of drug-likeness (QED) is 0.792. The van der Waals surface area contributed by atoms with Crippen molar-refractivity contribution in [2.75, 3.05) is 26.2 Å². The Bertz CT molecular complexity index is 306. The number of likely N-dealkylation sites (tertiary alicyclic amines) is 1. The topological polar surface area (TPSA) is 41.6 Å². The van der Waals surface area contributed by atoms with Gasteiger partial charge < -0.3 is 10.1 Å². The molecule has 0 aromatic rings. The van der Waals surface area contributed by atoms with E-state index in [-0.39, 0.29) is 5.97 Å². The molecule has 0 unspecified atom stereocenters. The zero-order valence-corrected chi connectivity index (χ0v) is 12.6. The van der Waals surface area contributed by atoms with Crippen molar-refractivity contribution in [3.05, 3.63) is 0 Å². The van der Waals surface area contributed by atoms with Gasteiger partial charge in [-0.25, -0.2) is 0 Å². The van der Waals surface area contributed by atoms with Crippen LogP contribution in [0.2, 0.25) is 0 Å². The molecule has 0 saturated carbocycles. The van der Waals surface area contributed by atoms with Crippen molar-refractivity contribution in [1.82, 2.24) is 10.2 Å². The number of piperidine rings is 1. The van der Waals surface area contributed by atoms with Gasteiger partial charge in [0.2, 0.25) is 0 Å². The number of nitrogens with zero attached hydrogens (tertiary/aromatic N) is 1. The van der Waals surface area contributed by atoms with E-state index in [1.54, 1.807) is 0 Å². The second-order valence-electron chi connectivity index (χ2n) is 6.86. The van der Waals surface area contributed by atoms with E-state index < -0.39 is 5.41 Å². The van der Waals surface area contributed by atoms with Crippen LogP contribution < -0.4 is 5.32 Å². The largest absolute Gasteiger partial charge is 0.464 e. The van der Waals surface area contributed by atoms with Gasteiger partial charge in [-0.15, -0.1) is 0 Å². The average molecular weight is 268 g/mol. The summed E-state index contributed by atoms with van der Waals surface area (Å²) in [5.41, 5.74) is -0.391. The summed E-state index contributed by atoms with van der Waals surface area (Å²) in [6.07, 6.45) is 4.86. The maximum absolute atomic E-state index is 11.9. The SMILES string of the molecule is CC(C)(C)C(=O)OC[C@@H]1CCCN1C1CCNCC1. The number of ether oxygens (including phenoxy) is 1. The molecule has 0 bridgehead atoms. The van der Waals surface area contributed by atoms with Crippen molar-refractivity contribution in [1.29, 1.82) is 0 Å². The summed E-state index contributed by atoms with van der Waals surface area (Å²) in [6, 6.07) is 1.12. The van der Waals surface area contributed by atoms with Gasteiger partial charge in [-0.1, -0.05) is 0 Å². The van der Waals surface area contributed by atoms with Crippen LogP contribution in [-0.2, 0) is 9.53 Å². The normalized spacial score (nSPS) is 26.6. The maximum Gasteiger partial charge on any atom is 0.311 e. The Morgan fingerprint density at radius 1 is 1.26 bits per heavy atom. The number of rotatable bonds is 3. The highest BCUT2D eigenvalue weighted by Gasteiger charge is 2.33. The van der Waals surface area contributed by atoms with Gasteiger partial charge in [0, 0.05) is 12.1 Å². The lowest BCUT2D eigenvalue weighted by Crippen LogP contribution is -2.47. The van der Waals surface area contributed by atoms with Crippen molar-refractivity contribution in [2.24, 2.45) is 5.41 Å². The van der Waals surface area contributed by atoms with Crippen molar-refractivity contribution in [3.8, 4) is 0 Å². The summed E-state index contributed by atoms with van der Waals surface area (Å²) in [6.45, 7) is 9.71. The van der Waals surface area contributed by atoms with E-state index in [1.807, 2.05) is 20.8 Å². The smallest absolute Gasteiger partial charge is 0.311 e. The number of hydrogen-bond acceptors (Lipinski definition) is 4. The van der Waals surface area contributed by atoms with Gasteiger partial charge in [-0.3, -0.25) is 9.69 Å². The lowest BCUT2D eigenvalue weighted by atomic mass is 9.97. The third-order valence-corrected chi connectivity index (χ3v) is 4.22.